The topological polar surface area (TPSA) is 102 Å². The van der Waals surface area contributed by atoms with Crippen LogP contribution in [0.1, 0.15) is 11.1 Å². The van der Waals surface area contributed by atoms with Crippen LogP contribution in [0, 0.1) is 11.8 Å². The zero-order valence-corrected chi connectivity index (χ0v) is 15.1. The van der Waals surface area contributed by atoms with E-state index in [2.05, 4.69) is 21.9 Å². The first-order valence-corrected chi connectivity index (χ1v) is 8.48. The van der Waals surface area contributed by atoms with Crippen LogP contribution in [0.2, 0.25) is 0 Å². The fraction of sp³-hybridized carbons (Fsp3) is 0.100. The normalized spacial score (nSPS) is 10.9. The van der Waals surface area contributed by atoms with Crippen LogP contribution in [0.5, 0.6) is 0 Å². The van der Waals surface area contributed by atoms with Gasteiger partial charge in [-0.25, -0.2) is 23.2 Å². The van der Waals surface area contributed by atoms with E-state index in [1.807, 2.05) is 17.4 Å². The smallest absolute Gasteiger partial charge is 0.404 e. The highest BCUT2D eigenvalue weighted by molar-refractivity contribution is 5.64. The number of aromatic nitrogens is 4. The highest BCUT2D eigenvalue weighted by Crippen LogP contribution is 2.08. The standard InChI is InChI=1S/C20H16FN5O3/c21-10-17(12-23-19(27)28)13-26-20(29)25(14-24-26)18-5-1-3-15(9-18)6-7-16-4-2-8-22-11-16/h1-5,8-11,14,23H,12-13H2,(H,27,28)/b17-10+. The summed E-state index contributed by atoms with van der Waals surface area (Å²) in [6.45, 7) is -0.423. The second-order valence-corrected chi connectivity index (χ2v) is 5.91. The van der Waals surface area contributed by atoms with Crippen molar-refractivity contribution < 1.29 is 14.3 Å². The van der Waals surface area contributed by atoms with Crippen LogP contribution in [0.25, 0.3) is 5.69 Å². The Hall–Kier alpha value is -4.19. The minimum absolute atomic E-state index is 0.0656. The van der Waals surface area contributed by atoms with Gasteiger partial charge >= 0.3 is 11.8 Å². The van der Waals surface area contributed by atoms with Crippen LogP contribution in [0.4, 0.5) is 9.18 Å². The van der Waals surface area contributed by atoms with Crippen molar-refractivity contribution in [1.29, 1.82) is 0 Å². The summed E-state index contributed by atoms with van der Waals surface area (Å²) >= 11 is 0. The van der Waals surface area contributed by atoms with Crippen LogP contribution >= 0.6 is 0 Å². The quantitative estimate of drug-likeness (QED) is 0.645. The molecule has 0 atom stereocenters. The second kappa shape index (κ2) is 9.14. The lowest BCUT2D eigenvalue weighted by atomic mass is 10.2. The molecular weight excluding hydrogens is 377 g/mol. The molecule has 2 N–H and O–H groups in total. The molecule has 0 saturated carbocycles. The van der Waals surface area contributed by atoms with E-state index in [1.54, 1.807) is 36.7 Å². The van der Waals surface area contributed by atoms with Crippen molar-refractivity contribution in [2.75, 3.05) is 6.54 Å². The molecule has 1 aromatic carbocycles. The van der Waals surface area contributed by atoms with E-state index in [0.717, 1.165) is 10.2 Å². The molecule has 0 aliphatic heterocycles. The van der Waals surface area contributed by atoms with Crippen LogP contribution in [0.3, 0.4) is 0 Å². The van der Waals surface area contributed by atoms with Crippen LogP contribution in [0.15, 0.2) is 71.8 Å². The van der Waals surface area contributed by atoms with Gasteiger partial charge in [0, 0.05) is 30.1 Å². The van der Waals surface area contributed by atoms with Crippen LogP contribution in [-0.2, 0) is 6.54 Å². The molecule has 0 aliphatic carbocycles. The third kappa shape index (κ3) is 5.17. The van der Waals surface area contributed by atoms with Crippen molar-refractivity contribution in [3.05, 3.63) is 88.6 Å². The summed E-state index contributed by atoms with van der Waals surface area (Å²) in [6, 6.07) is 10.7. The Morgan fingerprint density at radius 2 is 2.03 bits per heavy atom. The Bertz CT molecular complexity index is 1160. The van der Waals surface area contributed by atoms with Crippen LogP contribution < -0.4 is 11.0 Å². The van der Waals surface area contributed by atoms with Gasteiger partial charge in [-0.15, -0.1) is 0 Å². The Kier molecular flexibility index (Phi) is 6.17. The molecule has 2 heterocycles. The van der Waals surface area contributed by atoms with Gasteiger partial charge in [0.1, 0.15) is 6.33 Å². The number of rotatable bonds is 5. The molecule has 0 spiro atoms. The van der Waals surface area contributed by atoms with Crippen molar-refractivity contribution in [2.24, 2.45) is 0 Å². The maximum absolute atomic E-state index is 13.0. The summed E-state index contributed by atoms with van der Waals surface area (Å²) in [5, 5.41) is 14.6. The highest BCUT2D eigenvalue weighted by Gasteiger charge is 2.10. The molecule has 8 nitrogen and oxygen atoms in total. The maximum atomic E-state index is 13.0. The first-order valence-electron chi connectivity index (χ1n) is 8.48. The minimum atomic E-state index is -1.29. The lowest BCUT2D eigenvalue weighted by Gasteiger charge is -2.05. The van der Waals surface area contributed by atoms with Gasteiger partial charge in [-0.1, -0.05) is 17.9 Å². The summed E-state index contributed by atoms with van der Waals surface area (Å²) in [7, 11) is 0. The summed E-state index contributed by atoms with van der Waals surface area (Å²) in [5.74, 6) is 6.00. The summed E-state index contributed by atoms with van der Waals surface area (Å²) < 4.78 is 15.3. The number of pyridine rings is 1. The van der Waals surface area contributed by atoms with E-state index in [9.17, 15) is 14.0 Å². The fourth-order valence-corrected chi connectivity index (χ4v) is 2.45. The molecule has 146 valence electrons. The second-order valence-electron chi connectivity index (χ2n) is 5.91. The zero-order chi connectivity index (χ0) is 20.6. The van der Waals surface area contributed by atoms with Crippen molar-refractivity contribution in [3.8, 4) is 17.5 Å². The van der Waals surface area contributed by atoms with Gasteiger partial charge in [0.05, 0.1) is 18.6 Å². The number of halogens is 1. The number of nitrogens with zero attached hydrogens (tertiary/aromatic N) is 4. The summed E-state index contributed by atoms with van der Waals surface area (Å²) in [6.07, 6.45) is 3.61. The molecule has 9 heteroatoms. The molecule has 3 rings (SSSR count). The van der Waals surface area contributed by atoms with Gasteiger partial charge in [0.15, 0.2) is 0 Å². The molecule has 0 aliphatic rings. The lowest BCUT2D eigenvalue weighted by Crippen LogP contribution is -2.29. The third-order valence-electron chi connectivity index (χ3n) is 3.84. The molecular formula is C20H16FN5O3. The van der Waals surface area contributed by atoms with Crippen molar-refractivity contribution in [3.63, 3.8) is 0 Å². The first-order chi connectivity index (χ1) is 14.1. The molecule has 0 unspecified atom stereocenters. The van der Waals surface area contributed by atoms with E-state index in [-0.39, 0.29) is 25.0 Å². The van der Waals surface area contributed by atoms with Crippen molar-refractivity contribution >= 4 is 6.09 Å². The Labute approximate surface area is 164 Å². The van der Waals surface area contributed by atoms with Gasteiger partial charge in [0.25, 0.3) is 0 Å². The minimum Gasteiger partial charge on any atom is -0.465 e. The molecule has 0 bridgehead atoms. The number of carbonyl (C=O) groups is 1. The number of benzene rings is 1. The zero-order valence-electron chi connectivity index (χ0n) is 15.1. The Morgan fingerprint density at radius 3 is 2.76 bits per heavy atom. The van der Waals surface area contributed by atoms with Crippen molar-refractivity contribution in [1.82, 2.24) is 24.6 Å². The van der Waals surface area contributed by atoms with Gasteiger partial charge in [-0.2, -0.15) is 5.10 Å². The van der Waals surface area contributed by atoms with Gasteiger partial charge < -0.3 is 10.4 Å². The maximum Gasteiger partial charge on any atom is 0.404 e. The molecule has 3 aromatic rings. The molecule has 29 heavy (non-hydrogen) atoms. The van der Waals surface area contributed by atoms with Gasteiger partial charge in [0.2, 0.25) is 0 Å². The van der Waals surface area contributed by atoms with E-state index < -0.39 is 11.8 Å². The predicted molar refractivity (Wildman–Crippen MR) is 103 cm³/mol. The molecule has 2 aromatic heterocycles. The largest absolute Gasteiger partial charge is 0.465 e. The highest BCUT2D eigenvalue weighted by atomic mass is 19.1. The van der Waals surface area contributed by atoms with Gasteiger partial charge in [-0.3, -0.25) is 4.98 Å². The monoisotopic (exact) mass is 393 g/mol. The first kappa shape index (κ1) is 19.6. The third-order valence-corrected chi connectivity index (χ3v) is 3.84. The van der Waals surface area contributed by atoms with E-state index in [4.69, 9.17) is 5.11 Å². The fourth-order valence-electron chi connectivity index (χ4n) is 2.45. The lowest BCUT2D eigenvalue weighted by molar-refractivity contribution is 0.195. The van der Waals surface area contributed by atoms with E-state index in [1.165, 1.54) is 10.9 Å². The predicted octanol–water partition coefficient (Wildman–Crippen LogP) is 1.95. The van der Waals surface area contributed by atoms with Gasteiger partial charge in [-0.05, 0) is 35.9 Å². The molecule has 0 radical (unpaired) electrons. The average Bonchev–Trinajstić information content (AvgIpc) is 3.10. The molecule has 0 fully saturated rings. The average molecular weight is 393 g/mol. The van der Waals surface area contributed by atoms with E-state index >= 15 is 0 Å². The summed E-state index contributed by atoms with van der Waals surface area (Å²) in [4.78, 5) is 27.1. The number of carboxylic acid groups (broad SMARTS) is 1. The number of amides is 1. The SMILES string of the molecule is O=C(O)NC/C(=C\F)Cn1ncn(-c2cccc(C#Cc3cccnc3)c2)c1=O. The molecule has 0 saturated heterocycles. The van der Waals surface area contributed by atoms with Crippen LogP contribution in [-0.4, -0.2) is 37.1 Å². The van der Waals surface area contributed by atoms with Crippen molar-refractivity contribution in [2.45, 2.75) is 6.54 Å². The molecule has 1 amide bonds. The Morgan fingerprint density at radius 1 is 1.24 bits per heavy atom. The number of nitrogens with one attached hydrogen (secondary N) is 1. The number of hydrogen-bond acceptors (Lipinski definition) is 4. The number of hydrogen-bond donors (Lipinski definition) is 2. The summed E-state index contributed by atoms with van der Waals surface area (Å²) in [5.41, 5.74) is 1.59. The van der Waals surface area contributed by atoms with E-state index in [0.29, 0.717) is 11.3 Å². The Balaban J connectivity index is 1.81.